The van der Waals surface area contributed by atoms with Crippen LogP contribution in [-0.4, -0.2) is 23.9 Å². The van der Waals surface area contributed by atoms with Gasteiger partial charge in [0, 0.05) is 6.61 Å². The molecule has 0 radical (unpaired) electrons. The summed E-state index contributed by atoms with van der Waals surface area (Å²) in [7, 11) is 0. The number of ether oxygens (including phenoxy) is 1. The molecule has 1 aromatic rings. The first-order valence-electron chi connectivity index (χ1n) is 8.72. The molecule has 5 unspecified atom stereocenters. The fourth-order valence-electron chi connectivity index (χ4n) is 4.76. The summed E-state index contributed by atoms with van der Waals surface area (Å²) >= 11 is 0. The van der Waals surface area contributed by atoms with Crippen molar-refractivity contribution in [3.05, 3.63) is 35.4 Å². The Bertz CT molecular complexity index is 492. The molecule has 1 aromatic carbocycles. The van der Waals surface area contributed by atoms with Gasteiger partial charge in [-0.3, -0.25) is 0 Å². The lowest BCUT2D eigenvalue weighted by Gasteiger charge is -2.14. The van der Waals surface area contributed by atoms with E-state index >= 15 is 0 Å². The predicted molar refractivity (Wildman–Crippen MR) is 83.3 cm³/mol. The van der Waals surface area contributed by atoms with E-state index in [9.17, 15) is 5.11 Å². The second-order valence-corrected chi connectivity index (χ2v) is 7.14. The highest BCUT2D eigenvalue weighted by molar-refractivity contribution is 5.39. The van der Waals surface area contributed by atoms with Gasteiger partial charge in [-0.1, -0.05) is 24.3 Å². The van der Waals surface area contributed by atoms with Crippen LogP contribution in [0.1, 0.15) is 55.6 Å². The zero-order valence-corrected chi connectivity index (χ0v) is 12.7. The molecule has 114 valence electrons. The molecule has 21 heavy (non-hydrogen) atoms. The second kappa shape index (κ2) is 5.73. The van der Waals surface area contributed by atoms with Gasteiger partial charge in [0.25, 0.3) is 0 Å². The summed E-state index contributed by atoms with van der Waals surface area (Å²) in [5, 5.41) is 10.6. The number of rotatable bonds is 5. The fourth-order valence-corrected chi connectivity index (χ4v) is 4.76. The number of hydrogen-bond acceptors (Lipinski definition) is 2. The SMILES string of the molecule is OC(CCCC1CCCO1)C1C2CCc3ccccc3C21. The Morgan fingerprint density at radius 1 is 1.24 bits per heavy atom. The van der Waals surface area contributed by atoms with Gasteiger partial charge in [0.15, 0.2) is 0 Å². The number of benzene rings is 1. The van der Waals surface area contributed by atoms with Crippen molar-refractivity contribution in [1.82, 2.24) is 0 Å². The molecule has 0 bridgehead atoms. The van der Waals surface area contributed by atoms with Crippen LogP contribution in [0.2, 0.25) is 0 Å². The minimum absolute atomic E-state index is 0.104. The van der Waals surface area contributed by atoms with Gasteiger partial charge in [-0.05, 0) is 73.8 Å². The van der Waals surface area contributed by atoms with E-state index < -0.39 is 0 Å². The van der Waals surface area contributed by atoms with E-state index in [0.29, 0.717) is 17.9 Å². The van der Waals surface area contributed by atoms with Crippen molar-refractivity contribution in [3.63, 3.8) is 0 Å². The Morgan fingerprint density at radius 3 is 3.00 bits per heavy atom. The van der Waals surface area contributed by atoms with Gasteiger partial charge in [-0.15, -0.1) is 0 Å². The summed E-state index contributed by atoms with van der Waals surface area (Å²) in [4.78, 5) is 0. The molecule has 2 heteroatoms. The zero-order chi connectivity index (χ0) is 14.2. The molecule has 1 saturated heterocycles. The topological polar surface area (TPSA) is 29.5 Å². The van der Waals surface area contributed by atoms with Crippen molar-refractivity contribution < 1.29 is 9.84 Å². The van der Waals surface area contributed by atoms with Crippen LogP contribution >= 0.6 is 0 Å². The van der Waals surface area contributed by atoms with Gasteiger partial charge in [-0.2, -0.15) is 0 Å². The maximum atomic E-state index is 10.6. The standard InChI is InChI=1S/C19H26O2/c20-17(9-3-6-14-7-4-12-21-14)19-16-11-10-13-5-1-2-8-15(13)18(16)19/h1-2,5,8,14,16-20H,3-4,6-7,9-12H2. The molecule has 4 rings (SSSR count). The molecule has 2 fully saturated rings. The highest BCUT2D eigenvalue weighted by Gasteiger charge is 2.55. The monoisotopic (exact) mass is 286 g/mol. The Balaban J connectivity index is 1.31. The van der Waals surface area contributed by atoms with Crippen LogP contribution in [0.4, 0.5) is 0 Å². The molecular weight excluding hydrogens is 260 g/mol. The van der Waals surface area contributed by atoms with Gasteiger partial charge in [0.2, 0.25) is 0 Å². The minimum atomic E-state index is -0.104. The Morgan fingerprint density at radius 2 is 2.14 bits per heavy atom. The first-order valence-corrected chi connectivity index (χ1v) is 8.72. The highest BCUT2D eigenvalue weighted by atomic mass is 16.5. The van der Waals surface area contributed by atoms with Crippen molar-refractivity contribution in [2.75, 3.05) is 6.61 Å². The third-order valence-corrected chi connectivity index (χ3v) is 5.88. The molecule has 1 N–H and O–H groups in total. The molecule has 1 aliphatic heterocycles. The fraction of sp³-hybridized carbons (Fsp3) is 0.684. The molecule has 2 nitrogen and oxygen atoms in total. The van der Waals surface area contributed by atoms with Crippen LogP contribution in [0.15, 0.2) is 24.3 Å². The van der Waals surface area contributed by atoms with Crippen molar-refractivity contribution >= 4 is 0 Å². The first kappa shape index (κ1) is 13.8. The number of aliphatic hydroxyl groups excluding tert-OH is 1. The average Bonchev–Trinajstić information content (AvgIpc) is 3.04. The lowest BCUT2D eigenvalue weighted by Crippen LogP contribution is -2.13. The van der Waals surface area contributed by atoms with Crippen LogP contribution < -0.4 is 0 Å². The van der Waals surface area contributed by atoms with E-state index in [1.54, 1.807) is 0 Å². The average molecular weight is 286 g/mol. The normalized spacial score (nSPS) is 35.1. The lowest BCUT2D eigenvalue weighted by atomic mass is 9.92. The zero-order valence-electron chi connectivity index (χ0n) is 12.7. The van der Waals surface area contributed by atoms with Gasteiger partial charge in [0.1, 0.15) is 0 Å². The van der Waals surface area contributed by atoms with E-state index in [-0.39, 0.29) is 6.10 Å². The number of aliphatic hydroxyl groups is 1. The van der Waals surface area contributed by atoms with Crippen LogP contribution in [0, 0.1) is 11.8 Å². The van der Waals surface area contributed by atoms with Crippen LogP contribution in [0.25, 0.3) is 0 Å². The van der Waals surface area contributed by atoms with E-state index in [0.717, 1.165) is 31.8 Å². The summed E-state index contributed by atoms with van der Waals surface area (Å²) in [5.74, 6) is 1.92. The van der Waals surface area contributed by atoms with Crippen LogP contribution in [0.3, 0.4) is 0 Å². The Labute approximate surface area is 127 Å². The van der Waals surface area contributed by atoms with Crippen molar-refractivity contribution in [3.8, 4) is 0 Å². The molecule has 0 aromatic heterocycles. The number of aryl methyl sites for hydroxylation is 1. The third kappa shape index (κ3) is 2.64. The maximum absolute atomic E-state index is 10.6. The second-order valence-electron chi connectivity index (χ2n) is 7.14. The van der Waals surface area contributed by atoms with Crippen molar-refractivity contribution in [2.45, 2.75) is 63.1 Å². The van der Waals surface area contributed by atoms with E-state index in [1.165, 1.54) is 36.8 Å². The summed E-state index contributed by atoms with van der Waals surface area (Å²) in [5.41, 5.74) is 3.05. The minimum Gasteiger partial charge on any atom is -0.393 e. The Hall–Kier alpha value is -0.860. The first-order chi connectivity index (χ1) is 10.3. The summed E-state index contributed by atoms with van der Waals surface area (Å²) in [6, 6.07) is 8.85. The largest absolute Gasteiger partial charge is 0.393 e. The third-order valence-electron chi connectivity index (χ3n) is 5.88. The van der Waals surface area contributed by atoms with Crippen LogP contribution in [-0.2, 0) is 11.2 Å². The number of fused-ring (bicyclic) bond motifs is 3. The number of hydrogen-bond donors (Lipinski definition) is 1. The quantitative estimate of drug-likeness (QED) is 0.895. The van der Waals surface area contributed by atoms with Crippen molar-refractivity contribution in [2.24, 2.45) is 11.8 Å². The molecule has 3 aliphatic rings. The molecule has 0 spiro atoms. The van der Waals surface area contributed by atoms with Gasteiger partial charge < -0.3 is 9.84 Å². The maximum Gasteiger partial charge on any atom is 0.0577 e. The smallest absolute Gasteiger partial charge is 0.0577 e. The van der Waals surface area contributed by atoms with Gasteiger partial charge >= 0.3 is 0 Å². The molecule has 0 amide bonds. The lowest BCUT2D eigenvalue weighted by molar-refractivity contribution is 0.0893. The summed E-state index contributed by atoms with van der Waals surface area (Å²) in [6.45, 7) is 0.941. The highest BCUT2D eigenvalue weighted by Crippen LogP contribution is 2.61. The van der Waals surface area contributed by atoms with E-state index in [1.807, 2.05) is 0 Å². The van der Waals surface area contributed by atoms with Crippen LogP contribution in [0.5, 0.6) is 0 Å². The summed E-state index contributed by atoms with van der Waals surface area (Å²) in [6.07, 6.45) is 8.49. The molecule has 1 saturated carbocycles. The van der Waals surface area contributed by atoms with E-state index in [4.69, 9.17) is 4.74 Å². The summed E-state index contributed by atoms with van der Waals surface area (Å²) < 4.78 is 5.67. The molecule has 1 heterocycles. The molecule has 2 aliphatic carbocycles. The molecule has 5 atom stereocenters. The van der Waals surface area contributed by atoms with Gasteiger partial charge in [-0.25, -0.2) is 0 Å². The predicted octanol–water partition coefficient (Wildman–Crippen LogP) is 3.67. The van der Waals surface area contributed by atoms with Gasteiger partial charge in [0.05, 0.1) is 12.2 Å². The Kier molecular flexibility index (Phi) is 3.76. The van der Waals surface area contributed by atoms with Crippen molar-refractivity contribution in [1.29, 1.82) is 0 Å². The molecular formula is C19H26O2. The van der Waals surface area contributed by atoms with E-state index in [2.05, 4.69) is 24.3 Å².